The van der Waals surface area contributed by atoms with E-state index in [-0.39, 0.29) is 18.9 Å². The van der Waals surface area contributed by atoms with Crippen molar-refractivity contribution < 1.29 is 14.3 Å². The Hall–Kier alpha value is -3.68. The van der Waals surface area contributed by atoms with Gasteiger partial charge in [0.2, 0.25) is 5.91 Å². The molecule has 30 heavy (non-hydrogen) atoms. The van der Waals surface area contributed by atoms with Crippen LogP contribution in [-0.2, 0) is 16.1 Å². The standard InChI is InChI=1S/C22H25N5O3/c1-16-13-17(2)27(26-16)20-11-10-19(14-24-20)25-21(28)9-6-12-23-22(29)30-15-18-7-4-3-5-8-18/h3-5,7-8,10-11,13-14H,6,9,12,15H2,1-2H3,(H,23,29)(H,25,28). The molecule has 0 aliphatic heterocycles. The molecule has 0 bridgehead atoms. The normalized spacial score (nSPS) is 10.5. The molecule has 156 valence electrons. The van der Waals surface area contributed by atoms with Gasteiger partial charge in [-0.3, -0.25) is 4.79 Å². The summed E-state index contributed by atoms with van der Waals surface area (Å²) in [7, 11) is 0. The summed E-state index contributed by atoms with van der Waals surface area (Å²) in [5, 5.41) is 9.83. The Balaban J connectivity index is 1.35. The Labute approximate surface area is 175 Å². The van der Waals surface area contributed by atoms with Crippen LogP contribution in [0.25, 0.3) is 5.82 Å². The lowest BCUT2D eigenvalue weighted by Crippen LogP contribution is -2.26. The molecule has 2 N–H and O–H groups in total. The quantitative estimate of drug-likeness (QED) is 0.557. The van der Waals surface area contributed by atoms with Crippen LogP contribution in [0, 0.1) is 13.8 Å². The molecular formula is C22H25N5O3. The molecule has 0 fully saturated rings. The number of rotatable bonds is 8. The van der Waals surface area contributed by atoms with Gasteiger partial charge in [-0.2, -0.15) is 5.10 Å². The number of pyridine rings is 1. The fourth-order valence-corrected chi connectivity index (χ4v) is 2.88. The molecular weight excluding hydrogens is 382 g/mol. The van der Waals surface area contributed by atoms with Crippen molar-refractivity contribution in [3.05, 3.63) is 71.7 Å². The summed E-state index contributed by atoms with van der Waals surface area (Å²) in [5.74, 6) is 0.548. The van der Waals surface area contributed by atoms with Gasteiger partial charge in [0.15, 0.2) is 5.82 Å². The molecule has 2 heterocycles. The van der Waals surface area contributed by atoms with Gasteiger partial charge >= 0.3 is 6.09 Å². The number of nitrogens with zero attached hydrogens (tertiary/aromatic N) is 3. The first kappa shape index (κ1) is 21.0. The zero-order chi connectivity index (χ0) is 21.3. The van der Waals surface area contributed by atoms with E-state index in [1.165, 1.54) is 0 Å². The molecule has 1 aromatic carbocycles. The molecule has 3 aromatic rings. The average molecular weight is 407 g/mol. The molecule has 0 radical (unpaired) electrons. The third kappa shape index (κ3) is 6.16. The van der Waals surface area contributed by atoms with Crippen LogP contribution in [0.2, 0.25) is 0 Å². The lowest BCUT2D eigenvalue weighted by molar-refractivity contribution is -0.116. The second-order valence-corrected chi connectivity index (χ2v) is 6.88. The van der Waals surface area contributed by atoms with Gasteiger partial charge in [0, 0.05) is 18.7 Å². The van der Waals surface area contributed by atoms with Crippen LogP contribution >= 0.6 is 0 Å². The minimum absolute atomic E-state index is 0.143. The molecule has 0 saturated carbocycles. The number of amides is 2. The van der Waals surface area contributed by atoms with Crippen molar-refractivity contribution >= 4 is 17.7 Å². The predicted molar refractivity (Wildman–Crippen MR) is 113 cm³/mol. The first-order chi connectivity index (χ1) is 14.5. The molecule has 2 aromatic heterocycles. The maximum absolute atomic E-state index is 12.1. The highest BCUT2D eigenvalue weighted by Crippen LogP contribution is 2.13. The number of aromatic nitrogens is 3. The van der Waals surface area contributed by atoms with E-state index < -0.39 is 6.09 Å². The number of carbonyl (C=O) groups excluding carboxylic acids is 2. The summed E-state index contributed by atoms with van der Waals surface area (Å²) in [4.78, 5) is 28.1. The molecule has 0 saturated heterocycles. The molecule has 0 atom stereocenters. The highest BCUT2D eigenvalue weighted by Gasteiger charge is 2.07. The van der Waals surface area contributed by atoms with Gasteiger partial charge in [0.05, 0.1) is 17.6 Å². The Morgan fingerprint density at radius 3 is 2.57 bits per heavy atom. The number of benzene rings is 1. The van der Waals surface area contributed by atoms with E-state index in [1.807, 2.05) is 50.2 Å². The second kappa shape index (κ2) is 10.2. The van der Waals surface area contributed by atoms with Gasteiger partial charge in [-0.05, 0) is 44.0 Å². The number of carbonyl (C=O) groups is 2. The summed E-state index contributed by atoms with van der Waals surface area (Å²) in [6.45, 7) is 4.46. The molecule has 3 rings (SSSR count). The van der Waals surface area contributed by atoms with Gasteiger partial charge in [-0.15, -0.1) is 0 Å². The average Bonchev–Trinajstić information content (AvgIpc) is 3.09. The van der Waals surface area contributed by atoms with Gasteiger partial charge in [-0.1, -0.05) is 30.3 Å². The Morgan fingerprint density at radius 1 is 1.10 bits per heavy atom. The number of nitrogens with one attached hydrogen (secondary N) is 2. The maximum atomic E-state index is 12.1. The topological polar surface area (TPSA) is 98.1 Å². The number of aryl methyl sites for hydroxylation is 2. The summed E-state index contributed by atoms with van der Waals surface area (Å²) in [6.07, 6.45) is 1.88. The van der Waals surface area contributed by atoms with Crippen molar-refractivity contribution in [2.75, 3.05) is 11.9 Å². The lowest BCUT2D eigenvalue weighted by atomic mass is 10.2. The van der Waals surface area contributed by atoms with Crippen LogP contribution in [0.4, 0.5) is 10.5 Å². The van der Waals surface area contributed by atoms with E-state index in [9.17, 15) is 9.59 Å². The van der Waals surface area contributed by atoms with Crippen molar-refractivity contribution in [2.24, 2.45) is 0 Å². The van der Waals surface area contributed by atoms with E-state index >= 15 is 0 Å². The van der Waals surface area contributed by atoms with Crippen LogP contribution in [-0.4, -0.2) is 33.3 Å². The number of hydrogen-bond acceptors (Lipinski definition) is 5. The summed E-state index contributed by atoms with van der Waals surface area (Å²) in [5.41, 5.74) is 3.45. The lowest BCUT2D eigenvalue weighted by Gasteiger charge is -2.08. The van der Waals surface area contributed by atoms with E-state index in [1.54, 1.807) is 23.0 Å². The number of hydrogen-bond donors (Lipinski definition) is 2. The second-order valence-electron chi connectivity index (χ2n) is 6.88. The van der Waals surface area contributed by atoms with Crippen LogP contribution in [0.1, 0.15) is 29.8 Å². The molecule has 0 aliphatic carbocycles. The smallest absolute Gasteiger partial charge is 0.407 e. The zero-order valence-electron chi connectivity index (χ0n) is 17.1. The third-order valence-electron chi connectivity index (χ3n) is 4.32. The Morgan fingerprint density at radius 2 is 1.90 bits per heavy atom. The van der Waals surface area contributed by atoms with Crippen LogP contribution in [0.15, 0.2) is 54.7 Å². The fraction of sp³-hybridized carbons (Fsp3) is 0.273. The van der Waals surface area contributed by atoms with Crippen molar-refractivity contribution in [1.82, 2.24) is 20.1 Å². The Kier molecular flexibility index (Phi) is 7.15. The molecule has 2 amide bonds. The van der Waals surface area contributed by atoms with Gasteiger partial charge in [-0.25, -0.2) is 14.5 Å². The van der Waals surface area contributed by atoms with Gasteiger partial charge in [0.25, 0.3) is 0 Å². The largest absolute Gasteiger partial charge is 0.445 e. The molecule has 8 nitrogen and oxygen atoms in total. The third-order valence-corrected chi connectivity index (χ3v) is 4.32. The van der Waals surface area contributed by atoms with Crippen molar-refractivity contribution in [2.45, 2.75) is 33.3 Å². The van der Waals surface area contributed by atoms with Crippen LogP contribution in [0.3, 0.4) is 0 Å². The van der Waals surface area contributed by atoms with Gasteiger partial charge in [0.1, 0.15) is 6.61 Å². The Bertz CT molecular complexity index is 984. The summed E-state index contributed by atoms with van der Waals surface area (Å²) in [6, 6.07) is 15.0. The molecule has 0 aliphatic rings. The molecule has 0 spiro atoms. The van der Waals surface area contributed by atoms with Crippen LogP contribution < -0.4 is 10.6 Å². The first-order valence-corrected chi connectivity index (χ1v) is 9.75. The minimum Gasteiger partial charge on any atom is -0.445 e. The number of anilines is 1. The number of alkyl carbamates (subject to hydrolysis) is 1. The van der Waals surface area contributed by atoms with Crippen molar-refractivity contribution in [3.63, 3.8) is 0 Å². The monoisotopic (exact) mass is 407 g/mol. The fourth-order valence-electron chi connectivity index (χ4n) is 2.88. The van der Waals surface area contributed by atoms with Crippen molar-refractivity contribution in [1.29, 1.82) is 0 Å². The summed E-state index contributed by atoms with van der Waals surface area (Å²) >= 11 is 0. The van der Waals surface area contributed by atoms with Crippen LogP contribution in [0.5, 0.6) is 0 Å². The highest BCUT2D eigenvalue weighted by molar-refractivity contribution is 5.90. The SMILES string of the molecule is Cc1cc(C)n(-c2ccc(NC(=O)CCCNC(=O)OCc3ccccc3)cn2)n1. The predicted octanol–water partition coefficient (Wildman–Crippen LogP) is 3.53. The minimum atomic E-state index is -0.497. The van der Waals surface area contributed by atoms with Gasteiger partial charge < -0.3 is 15.4 Å². The van der Waals surface area contributed by atoms with E-state index in [0.29, 0.717) is 24.5 Å². The maximum Gasteiger partial charge on any atom is 0.407 e. The van der Waals surface area contributed by atoms with E-state index in [2.05, 4.69) is 20.7 Å². The summed E-state index contributed by atoms with van der Waals surface area (Å²) < 4.78 is 6.88. The van der Waals surface area contributed by atoms with Crippen molar-refractivity contribution in [3.8, 4) is 5.82 Å². The van der Waals surface area contributed by atoms with E-state index in [4.69, 9.17) is 4.74 Å². The highest BCUT2D eigenvalue weighted by atomic mass is 16.5. The van der Waals surface area contributed by atoms with E-state index in [0.717, 1.165) is 17.0 Å². The molecule has 8 heteroatoms. The molecule has 0 unspecified atom stereocenters. The zero-order valence-corrected chi connectivity index (χ0v) is 17.1. The number of ether oxygens (including phenoxy) is 1. The first-order valence-electron chi connectivity index (χ1n) is 9.75.